The van der Waals surface area contributed by atoms with E-state index >= 15 is 0 Å². The van der Waals surface area contributed by atoms with Crippen LogP contribution in [0.1, 0.15) is 26.0 Å². The lowest BCUT2D eigenvalue weighted by atomic mass is 10.2. The molecule has 0 bridgehead atoms. The van der Waals surface area contributed by atoms with E-state index in [0.29, 0.717) is 6.04 Å². The van der Waals surface area contributed by atoms with Gasteiger partial charge < -0.3 is 14.5 Å². The molecule has 3 heteroatoms. The first-order valence-corrected chi connectivity index (χ1v) is 6.03. The van der Waals surface area contributed by atoms with Crippen molar-refractivity contribution in [2.75, 3.05) is 7.11 Å². The predicted molar refractivity (Wildman–Crippen MR) is 69.4 cm³/mol. The van der Waals surface area contributed by atoms with Gasteiger partial charge in [-0.05, 0) is 25.5 Å². The summed E-state index contributed by atoms with van der Waals surface area (Å²) in [4.78, 5) is 0. The van der Waals surface area contributed by atoms with Gasteiger partial charge in [0.2, 0.25) is 0 Å². The summed E-state index contributed by atoms with van der Waals surface area (Å²) in [5.74, 6) is 1.74. The van der Waals surface area contributed by atoms with Gasteiger partial charge in [0.25, 0.3) is 0 Å². The number of hydrogen-bond donors (Lipinski definition) is 1. The van der Waals surface area contributed by atoms with Gasteiger partial charge in [0, 0.05) is 11.4 Å². The maximum absolute atomic E-state index is 5.80. The minimum absolute atomic E-state index is 0.505. The molecule has 92 valence electrons. The highest BCUT2D eigenvalue weighted by Crippen LogP contribution is 2.28. The number of para-hydroxylation sites is 1. The first kappa shape index (κ1) is 12.0. The Hall–Kier alpha value is -1.48. The Morgan fingerprint density at radius 3 is 2.94 bits per heavy atom. The van der Waals surface area contributed by atoms with Gasteiger partial charge in [-0.1, -0.05) is 19.1 Å². The van der Waals surface area contributed by atoms with Crippen LogP contribution < -0.4 is 10.1 Å². The standard InChI is InChI=1S/C14H19NO2/c1-4-10(2)15-9-12-8-11-6-5-7-13(16-3)14(11)17-12/h5-8,10,15H,4,9H2,1-3H3. The van der Waals surface area contributed by atoms with E-state index in [2.05, 4.69) is 25.2 Å². The Morgan fingerprint density at radius 2 is 2.24 bits per heavy atom. The lowest BCUT2D eigenvalue weighted by Crippen LogP contribution is -2.24. The van der Waals surface area contributed by atoms with Crippen LogP contribution in [-0.4, -0.2) is 13.2 Å². The summed E-state index contributed by atoms with van der Waals surface area (Å²) >= 11 is 0. The van der Waals surface area contributed by atoms with Crippen molar-refractivity contribution < 1.29 is 9.15 Å². The van der Waals surface area contributed by atoms with Crippen molar-refractivity contribution in [3.8, 4) is 5.75 Å². The monoisotopic (exact) mass is 233 g/mol. The SMILES string of the molecule is CCC(C)NCc1cc2cccc(OC)c2o1. The Bertz CT molecular complexity index is 490. The van der Waals surface area contributed by atoms with E-state index in [1.807, 2.05) is 18.2 Å². The summed E-state index contributed by atoms with van der Waals surface area (Å²) in [6.45, 7) is 5.09. The molecule has 2 aromatic rings. The fourth-order valence-electron chi connectivity index (χ4n) is 1.76. The molecule has 2 rings (SSSR count). The molecule has 0 aliphatic carbocycles. The van der Waals surface area contributed by atoms with Gasteiger partial charge in [-0.3, -0.25) is 0 Å². The molecule has 1 aromatic carbocycles. The van der Waals surface area contributed by atoms with Crippen LogP contribution in [0.25, 0.3) is 11.0 Å². The van der Waals surface area contributed by atoms with E-state index in [1.165, 1.54) is 0 Å². The quantitative estimate of drug-likeness (QED) is 0.860. The first-order chi connectivity index (χ1) is 8.24. The molecular weight excluding hydrogens is 214 g/mol. The molecule has 0 radical (unpaired) electrons. The number of furan rings is 1. The molecule has 0 aliphatic heterocycles. The number of rotatable bonds is 5. The number of fused-ring (bicyclic) bond motifs is 1. The van der Waals surface area contributed by atoms with Gasteiger partial charge in [0.15, 0.2) is 11.3 Å². The topological polar surface area (TPSA) is 34.4 Å². The van der Waals surface area contributed by atoms with Crippen LogP contribution in [0, 0.1) is 0 Å². The third-order valence-electron chi connectivity index (χ3n) is 3.02. The molecule has 1 atom stereocenters. The van der Waals surface area contributed by atoms with Gasteiger partial charge in [-0.15, -0.1) is 0 Å². The largest absolute Gasteiger partial charge is 0.493 e. The van der Waals surface area contributed by atoms with Crippen LogP contribution in [0.3, 0.4) is 0 Å². The third kappa shape index (κ3) is 2.61. The second-order valence-corrected chi connectivity index (χ2v) is 4.28. The Morgan fingerprint density at radius 1 is 1.41 bits per heavy atom. The normalized spacial score (nSPS) is 12.9. The summed E-state index contributed by atoms with van der Waals surface area (Å²) in [5.41, 5.74) is 0.830. The molecule has 0 saturated heterocycles. The predicted octanol–water partition coefficient (Wildman–Crippen LogP) is 3.33. The Balaban J connectivity index is 2.20. The van der Waals surface area contributed by atoms with Crippen molar-refractivity contribution in [3.63, 3.8) is 0 Å². The average molecular weight is 233 g/mol. The van der Waals surface area contributed by atoms with Gasteiger partial charge in [-0.25, -0.2) is 0 Å². The van der Waals surface area contributed by atoms with E-state index in [4.69, 9.17) is 9.15 Å². The zero-order chi connectivity index (χ0) is 12.3. The van der Waals surface area contributed by atoms with Crippen molar-refractivity contribution in [1.29, 1.82) is 0 Å². The van der Waals surface area contributed by atoms with Crippen LogP contribution >= 0.6 is 0 Å². The van der Waals surface area contributed by atoms with Crippen molar-refractivity contribution in [2.24, 2.45) is 0 Å². The fraction of sp³-hybridized carbons (Fsp3) is 0.429. The van der Waals surface area contributed by atoms with Gasteiger partial charge >= 0.3 is 0 Å². The van der Waals surface area contributed by atoms with Crippen LogP contribution in [0.5, 0.6) is 5.75 Å². The van der Waals surface area contributed by atoms with Crippen LogP contribution in [0.4, 0.5) is 0 Å². The maximum Gasteiger partial charge on any atom is 0.176 e. The number of methoxy groups -OCH3 is 1. The summed E-state index contributed by atoms with van der Waals surface area (Å²) in [6, 6.07) is 8.49. The van der Waals surface area contributed by atoms with Gasteiger partial charge in [0.05, 0.1) is 13.7 Å². The average Bonchev–Trinajstić information content (AvgIpc) is 2.78. The van der Waals surface area contributed by atoms with Crippen LogP contribution in [0.15, 0.2) is 28.7 Å². The number of hydrogen-bond acceptors (Lipinski definition) is 3. The fourth-order valence-corrected chi connectivity index (χ4v) is 1.76. The highest BCUT2D eigenvalue weighted by atomic mass is 16.5. The smallest absolute Gasteiger partial charge is 0.176 e. The van der Waals surface area contributed by atoms with Crippen molar-refractivity contribution in [3.05, 3.63) is 30.0 Å². The molecule has 1 unspecified atom stereocenters. The highest BCUT2D eigenvalue weighted by molar-refractivity contribution is 5.83. The second-order valence-electron chi connectivity index (χ2n) is 4.28. The summed E-state index contributed by atoms with van der Waals surface area (Å²) in [7, 11) is 1.66. The minimum Gasteiger partial charge on any atom is -0.493 e. The molecule has 1 aromatic heterocycles. The molecule has 0 fully saturated rings. The van der Waals surface area contributed by atoms with E-state index in [9.17, 15) is 0 Å². The minimum atomic E-state index is 0.505. The second kappa shape index (κ2) is 5.23. The first-order valence-electron chi connectivity index (χ1n) is 6.03. The number of nitrogens with one attached hydrogen (secondary N) is 1. The van der Waals surface area contributed by atoms with E-state index in [-0.39, 0.29) is 0 Å². The van der Waals surface area contributed by atoms with Crippen molar-refractivity contribution in [1.82, 2.24) is 5.32 Å². The van der Waals surface area contributed by atoms with Gasteiger partial charge in [-0.2, -0.15) is 0 Å². The summed E-state index contributed by atoms with van der Waals surface area (Å²) < 4.78 is 11.1. The molecule has 0 spiro atoms. The van der Waals surface area contributed by atoms with E-state index in [0.717, 1.165) is 35.4 Å². The molecule has 0 saturated carbocycles. The van der Waals surface area contributed by atoms with Gasteiger partial charge in [0.1, 0.15) is 5.76 Å². The lowest BCUT2D eigenvalue weighted by molar-refractivity contribution is 0.404. The lowest BCUT2D eigenvalue weighted by Gasteiger charge is -2.08. The van der Waals surface area contributed by atoms with Crippen LogP contribution in [0.2, 0.25) is 0 Å². The van der Waals surface area contributed by atoms with E-state index < -0.39 is 0 Å². The Labute approximate surface area is 102 Å². The van der Waals surface area contributed by atoms with E-state index in [1.54, 1.807) is 7.11 Å². The molecule has 0 amide bonds. The summed E-state index contributed by atoms with van der Waals surface area (Å²) in [6.07, 6.45) is 1.11. The van der Waals surface area contributed by atoms with Crippen molar-refractivity contribution >= 4 is 11.0 Å². The zero-order valence-corrected chi connectivity index (χ0v) is 10.6. The van der Waals surface area contributed by atoms with Crippen molar-refractivity contribution in [2.45, 2.75) is 32.9 Å². The number of ether oxygens (including phenoxy) is 1. The molecule has 1 heterocycles. The maximum atomic E-state index is 5.80. The zero-order valence-electron chi connectivity index (χ0n) is 10.6. The molecule has 0 aliphatic rings. The molecule has 3 nitrogen and oxygen atoms in total. The number of benzene rings is 1. The third-order valence-corrected chi connectivity index (χ3v) is 3.02. The highest BCUT2D eigenvalue weighted by Gasteiger charge is 2.08. The molecule has 17 heavy (non-hydrogen) atoms. The summed E-state index contributed by atoms with van der Waals surface area (Å²) in [5, 5.41) is 4.50. The van der Waals surface area contributed by atoms with Crippen LogP contribution in [-0.2, 0) is 6.54 Å². The Kier molecular flexibility index (Phi) is 3.69. The molecule has 1 N–H and O–H groups in total. The molecular formula is C14H19NO2.